The number of hydrogen-bond donors (Lipinski definition) is 2. The van der Waals surface area contributed by atoms with Crippen molar-refractivity contribution in [1.82, 2.24) is 5.32 Å². The molecule has 5 heteroatoms. The molecular weight excluding hydrogens is 256 g/mol. The topological polar surface area (TPSA) is 75.4 Å². The third-order valence-corrected chi connectivity index (χ3v) is 3.15. The molecule has 0 spiro atoms. The number of nitro benzene ring substituents is 1. The number of phenolic OH excluding ortho intramolecular Hbond substituents is 1. The van der Waals surface area contributed by atoms with Crippen molar-refractivity contribution in [2.24, 2.45) is 0 Å². The molecule has 2 aromatic rings. The molecule has 0 aliphatic rings. The van der Waals surface area contributed by atoms with Crippen molar-refractivity contribution in [2.75, 3.05) is 0 Å². The molecule has 0 amide bonds. The van der Waals surface area contributed by atoms with Gasteiger partial charge in [0.05, 0.1) is 4.92 Å². The van der Waals surface area contributed by atoms with Crippen molar-refractivity contribution >= 4 is 5.69 Å². The number of nitrogens with one attached hydrogen (secondary N) is 1. The minimum Gasteiger partial charge on any atom is -0.508 e. The van der Waals surface area contributed by atoms with E-state index in [-0.39, 0.29) is 22.4 Å². The van der Waals surface area contributed by atoms with Gasteiger partial charge in [0.2, 0.25) is 0 Å². The average Bonchev–Trinajstić information content (AvgIpc) is 2.46. The van der Waals surface area contributed by atoms with Crippen LogP contribution in [-0.2, 0) is 6.54 Å². The van der Waals surface area contributed by atoms with E-state index in [2.05, 4.69) is 5.32 Å². The third kappa shape index (κ3) is 3.33. The predicted octanol–water partition coefficient (Wildman–Crippen LogP) is 3.15. The summed E-state index contributed by atoms with van der Waals surface area (Å²) in [6.45, 7) is 2.47. The highest BCUT2D eigenvalue weighted by Gasteiger charge is 2.17. The summed E-state index contributed by atoms with van der Waals surface area (Å²) in [6, 6.07) is 13.4. The smallest absolute Gasteiger partial charge is 0.274 e. The molecule has 104 valence electrons. The van der Waals surface area contributed by atoms with Crippen molar-refractivity contribution in [3.8, 4) is 5.75 Å². The monoisotopic (exact) mass is 272 g/mol. The molecule has 1 unspecified atom stereocenters. The van der Waals surface area contributed by atoms with E-state index in [0.29, 0.717) is 12.1 Å². The van der Waals surface area contributed by atoms with Crippen LogP contribution in [-0.4, -0.2) is 10.0 Å². The number of benzene rings is 2. The molecule has 2 N–H and O–H groups in total. The third-order valence-electron chi connectivity index (χ3n) is 3.15. The quantitative estimate of drug-likeness (QED) is 0.647. The van der Waals surface area contributed by atoms with E-state index < -0.39 is 0 Å². The lowest BCUT2D eigenvalue weighted by atomic mass is 10.1. The molecule has 0 aliphatic heterocycles. The van der Waals surface area contributed by atoms with Gasteiger partial charge in [0.25, 0.3) is 5.69 Å². The maximum atomic E-state index is 11.0. The van der Waals surface area contributed by atoms with Crippen LogP contribution in [0.15, 0.2) is 48.5 Å². The molecule has 2 rings (SSSR count). The maximum Gasteiger partial charge on any atom is 0.274 e. The molecule has 20 heavy (non-hydrogen) atoms. The van der Waals surface area contributed by atoms with Crippen LogP contribution in [0.2, 0.25) is 0 Å². The summed E-state index contributed by atoms with van der Waals surface area (Å²) < 4.78 is 0. The fourth-order valence-corrected chi connectivity index (χ4v) is 2.01. The Hall–Kier alpha value is -2.40. The minimum atomic E-state index is -0.367. The Balaban J connectivity index is 2.07. The van der Waals surface area contributed by atoms with E-state index in [0.717, 1.165) is 5.56 Å². The number of phenols is 1. The molecule has 0 saturated carbocycles. The van der Waals surface area contributed by atoms with Gasteiger partial charge < -0.3 is 10.4 Å². The van der Waals surface area contributed by atoms with Gasteiger partial charge in [-0.2, -0.15) is 0 Å². The molecule has 2 aromatic carbocycles. The van der Waals surface area contributed by atoms with E-state index >= 15 is 0 Å². The lowest BCUT2D eigenvalue weighted by Gasteiger charge is -2.14. The molecule has 0 saturated heterocycles. The van der Waals surface area contributed by atoms with E-state index in [4.69, 9.17) is 0 Å². The molecule has 1 atom stereocenters. The van der Waals surface area contributed by atoms with E-state index in [1.165, 1.54) is 6.07 Å². The molecular formula is C15H16N2O3. The van der Waals surface area contributed by atoms with Crippen LogP contribution in [0.25, 0.3) is 0 Å². The van der Waals surface area contributed by atoms with Crippen LogP contribution in [0.1, 0.15) is 24.1 Å². The first kappa shape index (κ1) is 14.0. The Kier molecular flexibility index (Phi) is 4.32. The lowest BCUT2D eigenvalue weighted by molar-refractivity contribution is -0.385. The average molecular weight is 272 g/mol. The van der Waals surface area contributed by atoms with Crippen molar-refractivity contribution in [3.63, 3.8) is 0 Å². The highest BCUT2D eigenvalue weighted by molar-refractivity contribution is 5.41. The Morgan fingerprint density at radius 1 is 1.20 bits per heavy atom. The number of nitro groups is 1. The van der Waals surface area contributed by atoms with Crippen molar-refractivity contribution < 1.29 is 10.0 Å². The summed E-state index contributed by atoms with van der Waals surface area (Å²) in [5, 5.41) is 23.4. The predicted molar refractivity (Wildman–Crippen MR) is 76.5 cm³/mol. The molecule has 0 aliphatic carbocycles. The second-order valence-electron chi connectivity index (χ2n) is 4.58. The van der Waals surface area contributed by atoms with E-state index in [9.17, 15) is 15.2 Å². The van der Waals surface area contributed by atoms with E-state index in [1.807, 2.05) is 19.1 Å². The largest absolute Gasteiger partial charge is 0.508 e. The van der Waals surface area contributed by atoms with Gasteiger partial charge in [0.1, 0.15) is 5.75 Å². The van der Waals surface area contributed by atoms with Crippen LogP contribution in [0.3, 0.4) is 0 Å². The van der Waals surface area contributed by atoms with Gasteiger partial charge in [0, 0.05) is 24.2 Å². The first-order valence-electron chi connectivity index (χ1n) is 6.32. The van der Waals surface area contributed by atoms with Crippen LogP contribution in [0, 0.1) is 10.1 Å². The van der Waals surface area contributed by atoms with Crippen molar-refractivity contribution in [3.05, 3.63) is 69.8 Å². The van der Waals surface area contributed by atoms with Crippen LogP contribution in [0.5, 0.6) is 5.75 Å². The van der Waals surface area contributed by atoms with Gasteiger partial charge in [0.15, 0.2) is 0 Å². The Morgan fingerprint density at radius 2 is 1.85 bits per heavy atom. The van der Waals surface area contributed by atoms with Gasteiger partial charge in [-0.3, -0.25) is 10.1 Å². The van der Waals surface area contributed by atoms with Crippen molar-refractivity contribution in [1.29, 1.82) is 0 Å². The number of nitrogens with zero attached hydrogens (tertiary/aromatic N) is 1. The standard InChI is InChI=1S/C15H16N2O3/c1-11(14-4-2-3-5-15(14)17(19)20)16-10-12-6-8-13(18)9-7-12/h2-9,11,16,18H,10H2,1H3. The zero-order valence-electron chi connectivity index (χ0n) is 11.1. The molecule has 0 radical (unpaired) electrons. The van der Waals surface area contributed by atoms with Crippen LogP contribution in [0.4, 0.5) is 5.69 Å². The SMILES string of the molecule is CC(NCc1ccc(O)cc1)c1ccccc1[N+](=O)[O-]. The maximum absolute atomic E-state index is 11.0. The summed E-state index contributed by atoms with van der Waals surface area (Å²) in [7, 11) is 0. The summed E-state index contributed by atoms with van der Waals surface area (Å²) >= 11 is 0. The van der Waals surface area contributed by atoms with Gasteiger partial charge in [-0.1, -0.05) is 30.3 Å². The molecule has 0 heterocycles. The number of rotatable bonds is 5. The van der Waals surface area contributed by atoms with Gasteiger partial charge in [-0.05, 0) is 24.6 Å². The highest BCUT2D eigenvalue weighted by Crippen LogP contribution is 2.24. The number of hydrogen-bond acceptors (Lipinski definition) is 4. The minimum absolute atomic E-state index is 0.123. The van der Waals surface area contributed by atoms with E-state index in [1.54, 1.807) is 30.3 Å². The number of para-hydroxylation sites is 1. The second kappa shape index (κ2) is 6.16. The normalized spacial score (nSPS) is 12.1. The number of aromatic hydroxyl groups is 1. The van der Waals surface area contributed by atoms with Crippen molar-refractivity contribution in [2.45, 2.75) is 19.5 Å². The molecule has 0 bridgehead atoms. The molecule has 0 fully saturated rings. The zero-order valence-corrected chi connectivity index (χ0v) is 11.1. The van der Waals surface area contributed by atoms with Gasteiger partial charge >= 0.3 is 0 Å². The van der Waals surface area contributed by atoms with Gasteiger partial charge in [-0.15, -0.1) is 0 Å². The summed E-state index contributed by atoms with van der Waals surface area (Å²) in [5.74, 6) is 0.223. The Morgan fingerprint density at radius 3 is 2.50 bits per heavy atom. The summed E-state index contributed by atoms with van der Waals surface area (Å²) in [4.78, 5) is 10.6. The second-order valence-corrected chi connectivity index (χ2v) is 4.58. The summed E-state index contributed by atoms with van der Waals surface area (Å²) in [6.07, 6.45) is 0. The lowest BCUT2D eigenvalue weighted by Crippen LogP contribution is -2.19. The first-order chi connectivity index (χ1) is 9.58. The Bertz CT molecular complexity index is 596. The van der Waals surface area contributed by atoms with Gasteiger partial charge in [-0.25, -0.2) is 0 Å². The van der Waals surface area contributed by atoms with Crippen LogP contribution < -0.4 is 5.32 Å². The molecule has 5 nitrogen and oxygen atoms in total. The fraction of sp³-hybridized carbons (Fsp3) is 0.200. The highest BCUT2D eigenvalue weighted by atomic mass is 16.6. The summed E-state index contributed by atoms with van der Waals surface area (Å²) in [5.41, 5.74) is 1.79. The Labute approximate surface area is 117 Å². The molecule has 0 aromatic heterocycles. The van der Waals surface area contributed by atoms with Crippen LogP contribution >= 0.6 is 0 Å². The first-order valence-corrected chi connectivity index (χ1v) is 6.32. The zero-order chi connectivity index (χ0) is 14.5. The fourth-order valence-electron chi connectivity index (χ4n) is 2.01.